The molecule has 1 aromatic carbocycles. The van der Waals surface area contributed by atoms with Gasteiger partial charge in [0.25, 0.3) is 5.91 Å². The zero-order chi connectivity index (χ0) is 15.6. The highest BCUT2D eigenvalue weighted by Gasteiger charge is 2.27. The van der Waals surface area contributed by atoms with E-state index in [1.807, 2.05) is 4.90 Å². The summed E-state index contributed by atoms with van der Waals surface area (Å²) in [6.07, 6.45) is 1.41. The van der Waals surface area contributed by atoms with Crippen LogP contribution in [0.4, 0.5) is 11.4 Å². The molecule has 0 atom stereocenters. The molecule has 1 aromatic rings. The summed E-state index contributed by atoms with van der Waals surface area (Å²) in [6, 6.07) is 3.14. The van der Waals surface area contributed by atoms with Crippen LogP contribution in [0.5, 0.6) is 0 Å². The van der Waals surface area contributed by atoms with Crippen LogP contribution < -0.4 is 21.7 Å². The first kappa shape index (κ1) is 15.4. The lowest BCUT2D eigenvalue weighted by Gasteiger charge is -2.34. The Morgan fingerprint density at radius 1 is 1.33 bits per heavy atom. The van der Waals surface area contributed by atoms with Crippen LogP contribution in [-0.4, -0.2) is 32.0 Å². The maximum atomic E-state index is 11.7. The number of benzene rings is 1. The Balaban J connectivity index is 2.24. The van der Waals surface area contributed by atoms with Crippen LogP contribution in [0.25, 0.3) is 0 Å². The Bertz CT molecular complexity index is 568. The van der Waals surface area contributed by atoms with E-state index in [1.165, 1.54) is 6.07 Å². The summed E-state index contributed by atoms with van der Waals surface area (Å²) in [4.78, 5) is 25.2. The number of primary amides is 1. The largest absolute Gasteiger partial charge is 0.399 e. The highest BCUT2D eigenvalue weighted by Crippen LogP contribution is 2.34. The van der Waals surface area contributed by atoms with Gasteiger partial charge < -0.3 is 21.7 Å². The summed E-state index contributed by atoms with van der Waals surface area (Å²) in [6.45, 7) is 1.28. The minimum atomic E-state index is -0.562. The van der Waals surface area contributed by atoms with Gasteiger partial charge >= 0.3 is 0 Å². The second-order valence-corrected chi connectivity index (χ2v) is 5.55. The Kier molecular flexibility index (Phi) is 4.57. The number of carbonyl (C=O) groups is 2. The summed E-state index contributed by atoms with van der Waals surface area (Å²) < 4.78 is 0. The first-order chi connectivity index (χ1) is 9.93. The van der Waals surface area contributed by atoms with Gasteiger partial charge in [-0.15, -0.1) is 0 Å². The fraction of sp³-hybridized carbons (Fsp3) is 0.429. The smallest absolute Gasteiger partial charge is 0.250 e. The average Bonchev–Trinajstić information content (AvgIpc) is 2.46. The summed E-state index contributed by atoms with van der Waals surface area (Å²) in [7, 11) is 1.64. The topological polar surface area (TPSA) is 101 Å². The lowest BCUT2D eigenvalue weighted by Crippen LogP contribution is -2.40. The van der Waals surface area contributed by atoms with Crippen molar-refractivity contribution in [2.24, 2.45) is 11.7 Å². The second-order valence-electron chi connectivity index (χ2n) is 5.14. The zero-order valence-electron chi connectivity index (χ0n) is 11.9. The monoisotopic (exact) mass is 310 g/mol. The Morgan fingerprint density at radius 3 is 2.48 bits per heavy atom. The van der Waals surface area contributed by atoms with Gasteiger partial charge in [-0.2, -0.15) is 0 Å². The zero-order valence-corrected chi connectivity index (χ0v) is 12.6. The fourth-order valence-electron chi connectivity index (χ4n) is 2.70. The average molecular weight is 311 g/mol. The number of rotatable bonds is 3. The molecule has 1 heterocycles. The first-order valence-corrected chi connectivity index (χ1v) is 7.17. The number of hydrogen-bond donors (Lipinski definition) is 3. The Morgan fingerprint density at radius 2 is 1.95 bits per heavy atom. The van der Waals surface area contributed by atoms with Crippen molar-refractivity contribution >= 4 is 34.8 Å². The van der Waals surface area contributed by atoms with Crippen molar-refractivity contribution in [2.75, 3.05) is 30.8 Å². The van der Waals surface area contributed by atoms with Crippen LogP contribution in [0, 0.1) is 5.92 Å². The molecule has 7 heteroatoms. The summed E-state index contributed by atoms with van der Waals surface area (Å²) >= 11 is 6.23. The molecule has 0 radical (unpaired) electrons. The Labute approximate surface area is 128 Å². The number of nitrogens with one attached hydrogen (secondary N) is 1. The number of nitrogens with zero attached hydrogens (tertiary/aromatic N) is 1. The molecule has 0 bridgehead atoms. The normalized spacial score (nSPS) is 15.8. The molecule has 2 amide bonds. The van der Waals surface area contributed by atoms with E-state index in [-0.39, 0.29) is 11.8 Å². The van der Waals surface area contributed by atoms with Gasteiger partial charge in [-0.05, 0) is 25.0 Å². The lowest BCUT2D eigenvalue weighted by molar-refractivity contribution is -0.125. The quantitative estimate of drug-likeness (QED) is 0.724. The van der Waals surface area contributed by atoms with Gasteiger partial charge in [0.15, 0.2) is 0 Å². The number of nitrogen functional groups attached to an aromatic ring is 1. The fourth-order valence-corrected chi connectivity index (χ4v) is 3.05. The number of amides is 2. The molecular formula is C14H19ClN4O2. The van der Waals surface area contributed by atoms with Crippen LogP contribution in [-0.2, 0) is 4.79 Å². The van der Waals surface area contributed by atoms with E-state index in [2.05, 4.69) is 5.32 Å². The van der Waals surface area contributed by atoms with Gasteiger partial charge in [-0.3, -0.25) is 9.59 Å². The molecule has 1 fully saturated rings. The maximum absolute atomic E-state index is 11.7. The van der Waals surface area contributed by atoms with Crippen molar-refractivity contribution in [3.8, 4) is 0 Å². The molecular weight excluding hydrogens is 292 g/mol. The van der Waals surface area contributed by atoms with E-state index >= 15 is 0 Å². The van der Waals surface area contributed by atoms with Crippen molar-refractivity contribution in [1.82, 2.24) is 5.32 Å². The van der Waals surface area contributed by atoms with Gasteiger partial charge in [-0.25, -0.2) is 0 Å². The van der Waals surface area contributed by atoms with Crippen LogP contribution >= 0.6 is 11.6 Å². The van der Waals surface area contributed by atoms with Gasteiger partial charge in [-0.1, -0.05) is 11.6 Å². The number of nitrogens with two attached hydrogens (primary N) is 2. The number of hydrogen-bond acceptors (Lipinski definition) is 4. The SMILES string of the molecule is CNC(=O)C1CCN(c2c(Cl)cc(N)cc2C(N)=O)CC1. The molecule has 1 aliphatic rings. The predicted molar refractivity (Wildman–Crippen MR) is 83.4 cm³/mol. The third-order valence-electron chi connectivity index (χ3n) is 3.78. The van der Waals surface area contributed by atoms with Crippen LogP contribution in [0.1, 0.15) is 23.2 Å². The summed E-state index contributed by atoms with van der Waals surface area (Å²) in [5.41, 5.74) is 12.4. The molecule has 0 spiro atoms. The van der Waals surface area contributed by atoms with Crippen molar-refractivity contribution in [3.05, 3.63) is 22.7 Å². The third kappa shape index (κ3) is 3.21. The van der Waals surface area contributed by atoms with Gasteiger partial charge in [0.05, 0.1) is 16.3 Å². The third-order valence-corrected chi connectivity index (χ3v) is 4.07. The summed E-state index contributed by atoms with van der Waals surface area (Å²) in [5, 5.41) is 3.07. The van der Waals surface area contributed by atoms with Crippen molar-refractivity contribution < 1.29 is 9.59 Å². The molecule has 6 nitrogen and oxygen atoms in total. The molecule has 21 heavy (non-hydrogen) atoms. The first-order valence-electron chi connectivity index (χ1n) is 6.79. The van der Waals surface area contributed by atoms with Gasteiger partial charge in [0, 0.05) is 31.7 Å². The van der Waals surface area contributed by atoms with E-state index in [4.69, 9.17) is 23.1 Å². The highest BCUT2D eigenvalue weighted by atomic mass is 35.5. The molecule has 1 saturated heterocycles. The van der Waals surface area contributed by atoms with E-state index in [0.717, 1.165) is 0 Å². The molecule has 1 aliphatic heterocycles. The number of carbonyl (C=O) groups excluding carboxylic acids is 2. The van der Waals surface area contributed by atoms with E-state index in [9.17, 15) is 9.59 Å². The number of halogens is 1. The van der Waals surface area contributed by atoms with E-state index < -0.39 is 5.91 Å². The van der Waals surface area contributed by atoms with Crippen LogP contribution in [0.15, 0.2) is 12.1 Å². The predicted octanol–water partition coefficient (Wildman–Crippen LogP) is 0.984. The molecule has 0 unspecified atom stereocenters. The molecule has 0 saturated carbocycles. The van der Waals surface area contributed by atoms with Crippen molar-refractivity contribution in [1.29, 1.82) is 0 Å². The number of piperidine rings is 1. The minimum Gasteiger partial charge on any atom is -0.399 e. The summed E-state index contributed by atoms with van der Waals surface area (Å²) in [5.74, 6) is -0.517. The van der Waals surface area contributed by atoms with Crippen molar-refractivity contribution in [3.63, 3.8) is 0 Å². The Hall–Kier alpha value is -1.95. The second kappa shape index (κ2) is 6.22. The molecule has 0 aliphatic carbocycles. The highest BCUT2D eigenvalue weighted by molar-refractivity contribution is 6.34. The van der Waals surface area contributed by atoms with Gasteiger partial charge in [0.1, 0.15) is 0 Å². The molecule has 0 aromatic heterocycles. The number of anilines is 2. The van der Waals surface area contributed by atoms with Crippen molar-refractivity contribution in [2.45, 2.75) is 12.8 Å². The standard InChI is InChI=1S/C14H19ClN4O2/c1-18-14(21)8-2-4-19(5-3-8)12-10(13(17)20)6-9(16)7-11(12)15/h6-8H,2-5,16H2,1H3,(H2,17,20)(H,18,21). The molecule has 114 valence electrons. The van der Waals surface area contributed by atoms with E-state index in [1.54, 1.807) is 13.1 Å². The van der Waals surface area contributed by atoms with Crippen LogP contribution in [0.2, 0.25) is 5.02 Å². The maximum Gasteiger partial charge on any atom is 0.250 e. The lowest BCUT2D eigenvalue weighted by atomic mass is 9.95. The van der Waals surface area contributed by atoms with Crippen LogP contribution in [0.3, 0.4) is 0 Å². The minimum absolute atomic E-state index is 0.00386. The van der Waals surface area contributed by atoms with E-state index in [0.29, 0.717) is 47.9 Å². The molecule has 2 rings (SSSR count). The molecule has 5 N–H and O–H groups in total. The van der Waals surface area contributed by atoms with Gasteiger partial charge in [0.2, 0.25) is 5.91 Å².